The van der Waals surface area contributed by atoms with Crippen molar-refractivity contribution in [1.29, 1.82) is 0 Å². The first-order valence-electron chi connectivity index (χ1n) is 8.01. The van der Waals surface area contributed by atoms with Gasteiger partial charge in [0.2, 0.25) is 6.79 Å². The predicted octanol–water partition coefficient (Wildman–Crippen LogP) is 3.09. The Kier molecular flexibility index (Phi) is 3.85. The molecule has 0 aliphatic carbocycles. The number of nitrogens with one attached hydrogen (secondary N) is 1. The Morgan fingerprint density at radius 2 is 1.96 bits per heavy atom. The molecule has 6 nitrogen and oxygen atoms in total. The van der Waals surface area contributed by atoms with Gasteiger partial charge in [-0.25, -0.2) is 4.68 Å². The number of nitrogens with zero attached hydrogens (tertiary/aromatic N) is 2. The van der Waals surface area contributed by atoms with Crippen molar-refractivity contribution < 1.29 is 14.3 Å². The summed E-state index contributed by atoms with van der Waals surface area (Å²) in [5.74, 6) is 1.32. The molecular formula is C19H17N3O3. The summed E-state index contributed by atoms with van der Waals surface area (Å²) < 4.78 is 12.4. The lowest BCUT2D eigenvalue weighted by atomic mass is 10.1. The van der Waals surface area contributed by atoms with E-state index in [1.54, 1.807) is 23.0 Å². The SMILES string of the molecule is CC(NC(=O)c1ccc(-n2cccn2)cc1)c1ccc2c(c1)OCO2. The van der Waals surface area contributed by atoms with Crippen LogP contribution in [0.3, 0.4) is 0 Å². The minimum absolute atomic E-state index is 0.128. The topological polar surface area (TPSA) is 65.4 Å². The number of carbonyl (C=O) groups is 1. The van der Waals surface area contributed by atoms with E-state index in [0.29, 0.717) is 11.3 Å². The Morgan fingerprint density at radius 3 is 2.72 bits per heavy atom. The molecule has 1 aliphatic heterocycles. The van der Waals surface area contributed by atoms with Crippen molar-refractivity contribution in [1.82, 2.24) is 15.1 Å². The van der Waals surface area contributed by atoms with Crippen molar-refractivity contribution in [2.75, 3.05) is 6.79 Å². The molecule has 6 heteroatoms. The van der Waals surface area contributed by atoms with Crippen LogP contribution in [0.15, 0.2) is 60.9 Å². The maximum absolute atomic E-state index is 12.5. The molecule has 1 aliphatic rings. The Labute approximate surface area is 145 Å². The second-order valence-electron chi connectivity index (χ2n) is 5.81. The molecule has 25 heavy (non-hydrogen) atoms. The molecule has 0 saturated carbocycles. The zero-order chi connectivity index (χ0) is 17.2. The first-order valence-corrected chi connectivity index (χ1v) is 8.01. The fraction of sp³-hybridized carbons (Fsp3) is 0.158. The maximum Gasteiger partial charge on any atom is 0.251 e. The van der Waals surface area contributed by atoms with E-state index in [2.05, 4.69) is 10.4 Å². The van der Waals surface area contributed by atoms with Crippen LogP contribution < -0.4 is 14.8 Å². The van der Waals surface area contributed by atoms with Crippen LogP contribution in [0.2, 0.25) is 0 Å². The third-order valence-electron chi connectivity index (χ3n) is 4.14. The molecule has 1 unspecified atom stereocenters. The number of carbonyl (C=O) groups excluding carboxylic acids is 1. The number of amides is 1. The van der Waals surface area contributed by atoms with Crippen LogP contribution in [0.5, 0.6) is 11.5 Å². The van der Waals surface area contributed by atoms with E-state index in [-0.39, 0.29) is 18.7 Å². The van der Waals surface area contributed by atoms with Crippen molar-refractivity contribution in [3.63, 3.8) is 0 Å². The summed E-state index contributed by atoms with van der Waals surface area (Å²) in [6.07, 6.45) is 3.57. The number of aromatic nitrogens is 2. The molecule has 0 saturated heterocycles. The van der Waals surface area contributed by atoms with Gasteiger partial charge in [0, 0.05) is 18.0 Å². The zero-order valence-electron chi connectivity index (χ0n) is 13.7. The van der Waals surface area contributed by atoms with E-state index in [0.717, 1.165) is 17.0 Å². The van der Waals surface area contributed by atoms with Crippen LogP contribution in [0.25, 0.3) is 5.69 Å². The summed E-state index contributed by atoms with van der Waals surface area (Å²) in [4.78, 5) is 12.5. The third kappa shape index (κ3) is 3.06. The molecule has 3 aromatic rings. The second-order valence-corrected chi connectivity index (χ2v) is 5.81. The normalized spacial score (nSPS) is 13.5. The first-order chi connectivity index (χ1) is 12.2. The van der Waals surface area contributed by atoms with Gasteiger partial charge in [-0.05, 0) is 55.0 Å². The van der Waals surface area contributed by atoms with E-state index in [1.807, 2.05) is 49.5 Å². The quantitative estimate of drug-likeness (QED) is 0.796. The molecule has 0 bridgehead atoms. The summed E-state index contributed by atoms with van der Waals surface area (Å²) in [5, 5.41) is 7.17. The van der Waals surface area contributed by atoms with E-state index in [1.165, 1.54) is 0 Å². The lowest BCUT2D eigenvalue weighted by Gasteiger charge is -2.15. The van der Waals surface area contributed by atoms with Crippen molar-refractivity contribution in [3.8, 4) is 17.2 Å². The lowest BCUT2D eigenvalue weighted by molar-refractivity contribution is 0.0940. The highest BCUT2D eigenvalue weighted by Crippen LogP contribution is 2.34. The number of benzene rings is 2. The molecular weight excluding hydrogens is 318 g/mol. The highest BCUT2D eigenvalue weighted by molar-refractivity contribution is 5.94. The fourth-order valence-electron chi connectivity index (χ4n) is 2.73. The van der Waals surface area contributed by atoms with Crippen LogP contribution >= 0.6 is 0 Å². The van der Waals surface area contributed by atoms with Gasteiger partial charge in [0.25, 0.3) is 5.91 Å². The van der Waals surface area contributed by atoms with E-state index in [9.17, 15) is 4.79 Å². The Balaban J connectivity index is 1.46. The minimum Gasteiger partial charge on any atom is -0.454 e. The predicted molar refractivity (Wildman–Crippen MR) is 92.0 cm³/mol. The second kappa shape index (κ2) is 6.32. The molecule has 4 rings (SSSR count). The van der Waals surface area contributed by atoms with Crippen LogP contribution in [0.4, 0.5) is 0 Å². The molecule has 1 atom stereocenters. The largest absolute Gasteiger partial charge is 0.454 e. The van der Waals surface area contributed by atoms with Gasteiger partial charge in [0.05, 0.1) is 11.7 Å². The Morgan fingerprint density at radius 1 is 1.16 bits per heavy atom. The highest BCUT2D eigenvalue weighted by atomic mass is 16.7. The molecule has 126 valence electrons. The molecule has 2 aromatic carbocycles. The molecule has 0 radical (unpaired) electrons. The van der Waals surface area contributed by atoms with Gasteiger partial charge in [-0.3, -0.25) is 4.79 Å². The smallest absolute Gasteiger partial charge is 0.251 e. The van der Waals surface area contributed by atoms with Crippen LogP contribution in [-0.4, -0.2) is 22.5 Å². The summed E-state index contributed by atoms with van der Waals surface area (Å²) in [6.45, 7) is 2.18. The molecule has 0 fully saturated rings. The molecule has 1 N–H and O–H groups in total. The third-order valence-corrected chi connectivity index (χ3v) is 4.14. The molecule has 2 heterocycles. The van der Waals surface area contributed by atoms with Crippen LogP contribution in [0.1, 0.15) is 28.9 Å². The van der Waals surface area contributed by atoms with Crippen LogP contribution in [0, 0.1) is 0 Å². The molecule has 0 spiro atoms. The average molecular weight is 335 g/mol. The zero-order valence-corrected chi connectivity index (χ0v) is 13.7. The number of rotatable bonds is 4. The van der Waals surface area contributed by atoms with Gasteiger partial charge in [0.1, 0.15) is 0 Å². The Bertz CT molecular complexity index is 889. The first kappa shape index (κ1) is 15.3. The van der Waals surface area contributed by atoms with Gasteiger partial charge in [0.15, 0.2) is 11.5 Å². The van der Waals surface area contributed by atoms with E-state index >= 15 is 0 Å². The minimum atomic E-state index is -0.146. The number of ether oxygens (including phenoxy) is 2. The van der Waals surface area contributed by atoms with Gasteiger partial charge < -0.3 is 14.8 Å². The van der Waals surface area contributed by atoms with Crippen molar-refractivity contribution in [2.24, 2.45) is 0 Å². The Hall–Kier alpha value is -3.28. The van der Waals surface area contributed by atoms with Gasteiger partial charge in [-0.15, -0.1) is 0 Å². The van der Waals surface area contributed by atoms with Crippen molar-refractivity contribution >= 4 is 5.91 Å². The lowest BCUT2D eigenvalue weighted by Crippen LogP contribution is -2.26. The van der Waals surface area contributed by atoms with Gasteiger partial charge >= 0.3 is 0 Å². The summed E-state index contributed by atoms with van der Waals surface area (Å²) >= 11 is 0. The maximum atomic E-state index is 12.5. The van der Waals surface area contributed by atoms with Gasteiger partial charge in [-0.2, -0.15) is 5.10 Å². The highest BCUT2D eigenvalue weighted by Gasteiger charge is 2.17. The van der Waals surface area contributed by atoms with Gasteiger partial charge in [-0.1, -0.05) is 6.07 Å². The summed E-state index contributed by atoms with van der Waals surface area (Å²) in [5.41, 5.74) is 2.47. The molecule has 1 aromatic heterocycles. The fourth-order valence-corrected chi connectivity index (χ4v) is 2.73. The van der Waals surface area contributed by atoms with Crippen molar-refractivity contribution in [3.05, 3.63) is 72.1 Å². The summed E-state index contributed by atoms with van der Waals surface area (Å²) in [6, 6.07) is 14.7. The summed E-state index contributed by atoms with van der Waals surface area (Å²) in [7, 11) is 0. The number of fused-ring (bicyclic) bond motifs is 1. The van der Waals surface area contributed by atoms with Crippen molar-refractivity contribution in [2.45, 2.75) is 13.0 Å². The monoisotopic (exact) mass is 335 g/mol. The standard InChI is InChI=1S/C19H17N3O3/c1-13(15-5-8-17-18(11-15)25-12-24-17)21-19(23)14-3-6-16(7-4-14)22-10-2-9-20-22/h2-11,13H,12H2,1H3,(H,21,23). The van der Waals surface area contributed by atoms with Crippen LogP contribution in [-0.2, 0) is 0 Å². The number of hydrogen-bond donors (Lipinski definition) is 1. The van der Waals surface area contributed by atoms with E-state index < -0.39 is 0 Å². The number of hydrogen-bond acceptors (Lipinski definition) is 4. The molecule has 1 amide bonds. The average Bonchev–Trinajstić information content (AvgIpc) is 3.32. The van der Waals surface area contributed by atoms with E-state index in [4.69, 9.17) is 9.47 Å².